The molecule has 1 aliphatic rings. The quantitative estimate of drug-likeness (QED) is 0.626. The first kappa shape index (κ1) is 21.4. The topological polar surface area (TPSA) is 46.9 Å². The Morgan fingerprint density at radius 2 is 1.79 bits per heavy atom. The minimum atomic E-state index is -4.80. The molecule has 1 saturated carbocycles. The molecule has 0 bridgehead atoms. The number of hydrogen-bond donors (Lipinski definition) is 1. The Kier molecular flexibility index (Phi) is 5.07. The number of rotatable bonds is 4. The molecule has 0 unspecified atom stereocenters. The monoisotopic (exact) mass is 425 g/mol. The number of aromatic nitrogens is 2. The number of fused-ring (bicyclic) bond motifs is 1. The Bertz CT molecular complexity index is 940. The summed E-state index contributed by atoms with van der Waals surface area (Å²) >= 11 is 0. The Labute approximate surface area is 161 Å². The third-order valence-corrected chi connectivity index (χ3v) is 5.13. The molecule has 3 rings (SSSR count). The molecular formula is C18H18F7N3O. The van der Waals surface area contributed by atoms with Crippen molar-refractivity contribution in [2.45, 2.75) is 57.9 Å². The van der Waals surface area contributed by atoms with Crippen LogP contribution in [0.5, 0.6) is 0 Å². The van der Waals surface area contributed by atoms with Crippen LogP contribution in [0.2, 0.25) is 0 Å². The van der Waals surface area contributed by atoms with Crippen molar-refractivity contribution >= 4 is 22.9 Å². The first-order valence-electron chi connectivity index (χ1n) is 8.86. The summed E-state index contributed by atoms with van der Waals surface area (Å²) in [5.74, 6) is -2.43. The van der Waals surface area contributed by atoms with E-state index in [1.54, 1.807) is 0 Å². The van der Waals surface area contributed by atoms with Crippen molar-refractivity contribution in [1.29, 1.82) is 0 Å². The molecule has 1 fully saturated rings. The van der Waals surface area contributed by atoms with Crippen LogP contribution in [0.3, 0.4) is 0 Å². The maximum atomic E-state index is 14.5. The summed E-state index contributed by atoms with van der Waals surface area (Å²) in [6.45, 7) is 1.72. The average Bonchev–Trinajstić information content (AvgIpc) is 2.81. The zero-order valence-corrected chi connectivity index (χ0v) is 15.5. The number of alkyl halides is 6. The normalized spacial score (nSPS) is 16.2. The van der Waals surface area contributed by atoms with Gasteiger partial charge in [-0.1, -0.05) is 13.8 Å². The van der Waals surface area contributed by atoms with Gasteiger partial charge >= 0.3 is 12.4 Å². The largest absolute Gasteiger partial charge is 0.416 e. The first-order valence-corrected chi connectivity index (χ1v) is 8.86. The minimum absolute atomic E-state index is 0.215. The Morgan fingerprint density at radius 1 is 1.17 bits per heavy atom. The highest BCUT2D eigenvalue weighted by atomic mass is 19.4. The van der Waals surface area contributed by atoms with E-state index in [0.29, 0.717) is 25.0 Å². The smallest absolute Gasteiger partial charge is 0.304 e. The fraction of sp³-hybridized carbons (Fsp3) is 0.556. The Balaban J connectivity index is 2.01. The van der Waals surface area contributed by atoms with Crippen molar-refractivity contribution in [2.75, 3.05) is 5.32 Å². The summed E-state index contributed by atoms with van der Waals surface area (Å²) in [6.07, 6.45) is -8.38. The van der Waals surface area contributed by atoms with Crippen LogP contribution in [-0.4, -0.2) is 21.6 Å². The molecule has 2 aromatic rings. The third kappa shape index (κ3) is 4.04. The van der Waals surface area contributed by atoms with E-state index in [-0.39, 0.29) is 23.0 Å². The Morgan fingerprint density at radius 3 is 2.28 bits per heavy atom. The van der Waals surface area contributed by atoms with Crippen LogP contribution >= 0.6 is 0 Å². The summed E-state index contributed by atoms with van der Waals surface area (Å²) in [5, 5.41) is 2.23. The van der Waals surface area contributed by atoms with E-state index in [4.69, 9.17) is 0 Å². The van der Waals surface area contributed by atoms with Gasteiger partial charge in [-0.2, -0.15) is 26.3 Å². The van der Waals surface area contributed by atoms with Crippen LogP contribution < -0.4 is 5.32 Å². The van der Waals surface area contributed by atoms with Crippen molar-refractivity contribution in [3.05, 3.63) is 23.5 Å². The van der Waals surface area contributed by atoms with Gasteiger partial charge in [0.05, 0.1) is 16.5 Å². The fourth-order valence-electron chi connectivity index (χ4n) is 3.10. The summed E-state index contributed by atoms with van der Waals surface area (Å²) in [4.78, 5) is 16.1. The summed E-state index contributed by atoms with van der Waals surface area (Å²) in [6, 6.07) is 0.692. The zero-order valence-electron chi connectivity index (χ0n) is 15.5. The molecule has 0 spiro atoms. The van der Waals surface area contributed by atoms with Crippen LogP contribution in [0.15, 0.2) is 12.1 Å². The van der Waals surface area contributed by atoms with Gasteiger partial charge in [0.15, 0.2) is 0 Å². The number of anilines is 1. The molecule has 1 N–H and O–H groups in total. The van der Waals surface area contributed by atoms with Gasteiger partial charge in [0.1, 0.15) is 11.3 Å². The molecule has 1 aliphatic carbocycles. The number of hydrogen-bond acceptors (Lipinski definition) is 2. The average molecular weight is 425 g/mol. The molecule has 11 heteroatoms. The summed E-state index contributed by atoms with van der Waals surface area (Å²) < 4.78 is 93.8. The number of imidazole rings is 1. The third-order valence-electron chi connectivity index (χ3n) is 5.13. The van der Waals surface area contributed by atoms with Crippen LogP contribution in [0, 0.1) is 11.2 Å². The molecule has 1 aromatic heterocycles. The number of halogens is 7. The van der Waals surface area contributed by atoms with Crippen molar-refractivity contribution < 1.29 is 35.5 Å². The SMILES string of the molecule is CC(C)(CC(=O)Nc1nc2cc(C(F)(F)F)cc(F)c2n1C1CCC1)C(F)(F)F. The van der Waals surface area contributed by atoms with Gasteiger partial charge in [-0.25, -0.2) is 9.37 Å². The van der Waals surface area contributed by atoms with Gasteiger partial charge in [-0.05, 0) is 31.4 Å². The number of nitrogens with one attached hydrogen (secondary N) is 1. The first-order chi connectivity index (χ1) is 13.2. The van der Waals surface area contributed by atoms with Gasteiger partial charge in [0, 0.05) is 12.5 Å². The van der Waals surface area contributed by atoms with Crippen LogP contribution in [0.1, 0.15) is 51.1 Å². The number of carbonyl (C=O) groups is 1. The van der Waals surface area contributed by atoms with E-state index >= 15 is 0 Å². The lowest BCUT2D eigenvalue weighted by atomic mass is 9.88. The van der Waals surface area contributed by atoms with Gasteiger partial charge in [0.2, 0.25) is 11.9 Å². The molecular weight excluding hydrogens is 407 g/mol. The maximum Gasteiger partial charge on any atom is 0.416 e. The van der Waals surface area contributed by atoms with E-state index < -0.39 is 41.5 Å². The minimum Gasteiger partial charge on any atom is -0.304 e. The van der Waals surface area contributed by atoms with E-state index in [0.717, 1.165) is 20.3 Å². The molecule has 29 heavy (non-hydrogen) atoms. The predicted octanol–water partition coefficient (Wildman–Crippen LogP) is 5.84. The fourth-order valence-corrected chi connectivity index (χ4v) is 3.10. The molecule has 0 atom stereocenters. The molecule has 1 heterocycles. The highest BCUT2D eigenvalue weighted by molar-refractivity contribution is 5.92. The van der Waals surface area contributed by atoms with Gasteiger partial charge in [-0.3, -0.25) is 10.1 Å². The molecule has 0 radical (unpaired) electrons. The van der Waals surface area contributed by atoms with Crippen molar-refractivity contribution in [3.63, 3.8) is 0 Å². The molecule has 1 aromatic carbocycles. The van der Waals surface area contributed by atoms with Crippen molar-refractivity contribution in [1.82, 2.24) is 9.55 Å². The molecule has 0 aliphatic heterocycles. The predicted molar refractivity (Wildman–Crippen MR) is 90.7 cm³/mol. The highest BCUT2D eigenvalue weighted by Gasteiger charge is 2.48. The van der Waals surface area contributed by atoms with Crippen molar-refractivity contribution in [3.8, 4) is 0 Å². The Hall–Kier alpha value is -2.33. The van der Waals surface area contributed by atoms with E-state index in [1.807, 2.05) is 0 Å². The van der Waals surface area contributed by atoms with Gasteiger partial charge < -0.3 is 4.57 Å². The molecule has 4 nitrogen and oxygen atoms in total. The van der Waals surface area contributed by atoms with Crippen LogP contribution in [-0.2, 0) is 11.0 Å². The second-order valence-electron chi connectivity index (χ2n) is 7.82. The highest BCUT2D eigenvalue weighted by Crippen LogP contribution is 2.42. The van der Waals surface area contributed by atoms with Gasteiger partial charge in [-0.15, -0.1) is 0 Å². The van der Waals surface area contributed by atoms with Crippen LogP contribution in [0.25, 0.3) is 11.0 Å². The van der Waals surface area contributed by atoms with E-state index in [1.165, 1.54) is 4.57 Å². The maximum absolute atomic E-state index is 14.5. The standard InChI is InChI=1S/C18H18F7N3O/c1-16(2,18(23,24)25)8-13(29)27-15-26-12-7-9(17(20,21)22)6-11(19)14(12)28(15)10-4-3-5-10/h6-7,10H,3-5,8H2,1-2H3,(H,26,27,29). The van der Waals surface area contributed by atoms with Gasteiger partial charge in [0.25, 0.3) is 0 Å². The van der Waals surface area contributed by atoms with E-state index in [9.17, 15) is 35.5 Å². The molecule has 1 amide bonds. The lowest BCUT2D eigenvalue weighted by Crippen LogP contribution is -2.36. The summed E-state index contributed by atoms with van der Waals surface area (Å²) in [5.41, 5.74) is -4.10. The number of carbonyl (C=O) groups excluding carboxylic acids is 1. The molecule has 160 valence electrons. The summed E-state index contributed by atoms with van der Waals surface area (Å²) in [7, 11) is 0. The second kappa shape index (κ2) is 6.88. The number of benzene rings is 1. The molecule has 0 saturated heterocycles. The second-order valence-corrected chi connectivity index (χ2v) is 7.82. The lowest BCUT2D eigenvalue weighted by molar-refractivity contribution is -0.213. The van der Waals surface area contributed by atoms with Crippen LogP contribution in [0.4, 0.5) is 36.7 Å². The zero-order chi connectivity index (χ0) is 21.8. The number of nitrogens with zero attached hydrogens (tertiary/aromatic N) is 2. The number of amides is 1. The van der Waals surface area contributed by atoms with Crippen molar-refractivity contribution in [2.24, 2.45) is 5.41 Å². The lowest BCUT2D eigenvalue weighted by Gasteiger charge is -2.30. The van der Waals surface area contributed by atoms with E-state index in [2.05, 4.69) is 10.3 Å².